The second-order valence-electron chi connectivity index (χ2n) is 4.15. The molecule has 1 aromatic carbocycles. The van der Waals surface area contributed by atoms with Gasteiger partial charge in [0.25, 0.3) is 0 Å². The van der Waals surface area contributed by atoms with Crippen LogP contribution in [0.1, 0.15) is 13.3 Å². The second-order valence-corrected chi connectivity index (χ2v) is 5.34. The lowest BCUT2D eigenvalue weighted by Gasteiger charge is -2.00. The van der Waals surface area contributed by atoms with Gasteiger partial charge in [-0.15, -0.1) is 0 Å². The van der Waals surface area contributed by atoms with Gasteiger partial charge in [0.15, 0.2) is 5.16 Å². The molecule has 1 aliphatic rings. The van der Waals surface area contributed by atoms with Gasteiger partial charge in [-0.3, -0.25) is 4.79 Å². The van der Waals surface area contributed by atoms with Gasteiger partial charge in [-0.2, -0.15) is 0 Å². The van der Waals surface area contributed by atoms with Crippen molar-refractivity contribution in [1.29, 1.82) is 0 Å². The number of esters is 1. The van der Waals surface area contributed by atoms with Crippen molar-refractivity contribution < 1.29 is 9.53 Å². The molecular formula is C12H12N2O2S. The minimum absolute atomic E-state index is 0.0179. The van der Waals surface area contributed by atoms with E-state index in [9.17, 15) is 4.79 Å². The summed E-state index contributed by atoms with van der Waals surface area (Å²) in [6.45, 7) is 1.91. The number of rotatable bonds is 2. The van der Waals surface area contributed by atoms with E-state index < -0.39 is 0 Å². The Morgan fingerprint density at radius 2 is 2.29 bits per heavy atom. The van der Waals surface area contributed by atoms with E-state index in [1.807, 2.05) is 31.2 Å². The van der Waals surface area contributed by atoms with Crippen molar-refractivity contribution in [2.75, 3.05) is 0 Å². The number of thioether (sulfide) groups is 1. The first-order valence-corrected chi connectivity index (χ1v) is 6.42. The van der Waals surface area contributed by atoms with Crippen molar-refractivity contribution in [3.05, 3.63) is 24.3 Å². The average Bonchev–Trinajstić information content (AvgIpc) is 2.82. The number of nitrogens with zero attached hydrogens (tertiary/aromatic N) is 1. The number of nitrogens with one attached hydrogen (secondary N) is 1. The van der Waals surface area contributed by atoms with Crippen molar-refractivity contribution in [3.63, 3.8) is 0 Å². The average molecular weight is 248 g/mol. The third-order valence-electron chi connectivity index (χ3n) is 2.75. The molecule has 0 aliphatic carbocycles. The monoisotopic (exact) mass is 248 g/mol. The standard InChI is InChI=1S/C12H12N2O2S/c1-7-6-10(11(15)16-7)17-12-13-8-4-2-3-5-9(8)14-12/h2-5,7,10H,6H2,1H3,(H,13,14). The molecule has 1 saturated heterocycles. The number of aromatic nitrogens is 2. The molecule has 5 heteroatoms. The molecular weight excluding hydrogens is 236 g/mol. The Bertz CT molecular complexity index is 533. The van der Waals surface area contributed by atoms with Crippen LogP contribution in [0.3, 0.4) is 0 Å². The molecule has 3 rings (SSSR count). The van der Waals surface area contributed by atoms with E-state index >= 15 is 0 Å². The summed E-state index contributed by atoms with van der Waals surface area (Å²) in [7, 11) is 0. The molecule has 1 N–H and O–H groups in total. The maximum Gasteiger partial charge on any atom is 0.319 e. The Balaban J connectivity index is 1.83. The molecule has 1 fully saturated rings. The van der Waals surface area contributed by atoms with E-state index in [2.05, 4.69) is 9.97 Å². The predicted octanol–water partition coefficient (Wildman–Crippen LogP) is 2.36. The zero-order valence-corrected chi connectivity index (χ0v) is 10.2. The van der Waals surface area contributed by atoms with Crippen LogP contribution in [-0.4, -0.2) is 27.3 Å². The lowest BCUT2D eigenvalue weighted by atomic mass is 10.3. The van der Waals surface area contributed by atoms with Crippen LogP contribution in [0, 0.1) is 0 Å². The van der Waals surface area contributed by atoms with Gasteiger partial charge >= 0.3 is 5.97 Å². The Labute approximate surface area is 103 Å². The molecule has 0 saturated carbocycles. The van der Waals surface area contributed by atoms with Gasteiger partial charge in [0.05, 0.1) is 11.0 Å². The normalized spacial score (nSPS) is 24.2. The number of hydrogen-bond acceptors (Lipinski definition) is 4. The van der Waals surface area contributed by atoms with Crippen LogP contribution < -0.4 is 0 Å². The lowest BCUT2D eigenvalue weighted by molar-refractivity contribution is -0.140. The van der Waals surface area contributed by atoms with Gasteiger partial charge in [0, 0.05) is 6.42 Å². The third-order valence-corrected chi connectivity index (χ3v) is 3.83. The molecule has 17 heavy (non-hydrogen) atoms. The number of para-hydroxylation sites is 2. The van der Waals surface area contributed by atoms with Crippen LogP contribution in [0.15, 0.2) is 29.4 Å². The molecule has 2 atom stereocenters. The largest absolute Gasteiger partial charge is 0.462 e. The summed E-state index contributed by atoms with van der Waals surface area (Å²) >= 11 is 1.45. The van der Waals surface area contributed by atoms with Gasteiger partial charge < -0.3 is 9.72 Å². The summed E-state index contributed by atoms with van der Waals surface area (Å²) in [6, 6.07) is 7.83. The summed E-state index contributed by atoms with van der Waals surface area (Å²) in [6.07, 6.45) is 0.768. The summed E-state index contributed by atoms with van der Waals surface area (Å²) in [5.74, 6) is -0.136. The summed E-state index contributed by atoms with van der Waals surface area (Å²) in [4.78, 5) is 19.2. The number of ether oxygens (including phenoxy) is 1. The van der Waals surface area contributed by atoms with Crippen LogP contribution in [0.4, 0.5) is 0 Å². The van der Waals surface area contributed by atoms with Gasteiger partial charge in [-0.1, -0.05) is 23.9 Å². The fraction of sp³-hybridized carbons (Fsp3) is 0.333. The number of fused-ring (bicyclic) bond motifs is 1. The Morgan fingerprint density at radius 3 is 3.00 bits per heavy atom. The van der Waals surface area contributed by atoms with Crippen molar-refractivity contribution in [3.8, 4) is 0 Å². The van der Waals surface area contributed by atoms with E-state index in [1.165, 1.54) is 11.8 Å². The van der Waals surface area contributed by atoms with E-state index in [1.54, 1.807) is 0 Å². The molecule has 2 heterocycles. The number of imidazole rings is 1. The predicted molar refractivity (Wildman–Crippen MR) is 65.9 cm³/mol. The van der Waals surface area contributed by atoms with Crippen molar-refractivity contribution in [1.82, 2.24) is 9.97 Å². The quantitative estimate of drug-likeness (QED) is 0.829. The first kappa shape index (κ1) is 10.7. The number of hydrogen-bond donors (Lipinski definition) is 1. The molecule has 88 valence electrons. The Hall–Kier alpha value is -1.49. The maximum absolute atomic E-state index is 11.5. The molecule has 0 bridgehead atoms. The van der Waals surface area contributed by atoms with E-state index in [0.717, 1.165) is 22.6 Å². The van der Waals surface area contributed by atoms with Gasteiger partial charge in [-0.25, -0.2) is 4.98 Å². The van der Waals surface area contributed by atoms with Crippen molar-refractivity contribution in [2.24, 2.45) is 0 Å². The van der Waals surface area contributed by atoms with Crippen LogP contribution in [0.25, 0.3) is 11.0 Å². The Kier molecular flexibility index (Phi) is 2.55. The molecule has 2 aromatic rings. The van der Waals surface area contributed by atoms with E-state index in [0.29, 0.717) is 0 Å². The molecule has 2 unspecified atom stereocenters. The summed E-state index contributed by atoms with van der Waals surface area (Å²) in [5, 5.41) is 0.646. The number of carbonyl (C=O) groups is 1. The van der Waals surface area contributed by atoms with Crippen LogP contribution >= 0.6 is 11.8 Å². The molecule has 0 amide bonds. The molecule has 1 aromatic heterocycles. The van der Waals surface area contributed by atoms with Crippen LogP contribution in [0.2, 0.25) is 0 Å². The molecule has 4 nitrogen and oxygen atoms in total. The minimum atomic E-state index is -0.136. The van der Waals surface area contributed by atoms with Crippen molar-refractivity contribution >= 4 is 28.8 Å². The number of H-pyrrole nitrogens is 1. The van der Waals surface area contributed by atoms with Gasteiger partial charge in [-0.05, 0) is 19.1 Å². The number of benzene rings is 1. The first-order valence-electron chi connectivity index (χ1n) is 5.54. The maximum atomic E-state index is 11.5. The van der Waals surface area contributed by atoms with Gasteiger partial charge in [0.1, 0.15) is 11.4 Å². The highest BCUT2D eigenvalue weighted by Crippen LogP contribution is 2.31. The van der Waals surface area contributed by atoms with Crippen LogP contribution in [0.5, 0.6) is 0 Å². The number of cyclic esters (lactones) is 1. The second kappa shape index (κ2) is 4.07. The molecule has 1 aliphatic heterocycles. The summed E-state index contributed by atoms with van der Waals surface area (Å²) < 4.78 is 5.12. The van der Waals surface area contributed by atoms with Crippen molar-refractivity contribution in [2.45, 2.75) is 29.9 Å². The van der Waals surface area contributed by atoms with E-state index in [-0.39, 0.29) is 17.3 Å². The zero-order valence-electron chi connectivity index (χ0n) is 9.34. The minimum Gasteiger partial charge on any atom is -0.462 e. The lowest BCUT2D eigenvalue weighted by Crippen LogP contribution is -2.09. The fourth-order valence-corrected chi connectivity index (χ4v) is 3.04. The fourth-order valence-electron chi connectivity index (χ4n) is 1.94. The number of aromatic amines is 1. The molecule has 0 radical (unpaired) electrons. The SMILES string of the molecule is CC1CC(Sc2nc3ccccc3[nH]2)C(=O)O1. The highest BCUT2D eigenvalue weighted by Gasteiger charge is 2.33. The first-order chi connectivity index (χ1) is 8.22. The topological polar surface area (TPSA) is 55.0 Å². The van der Waals surface area contributed by atoms with Gasteiger partial charge in [0.2, 0.25) is 0 Å². The highest BCUT2D eigenvalue weighted by molar-refractivity contribution is 8.00. The third kappa shape index (κ3) is 2.02. The number of carbonyl (C=O) groups excluding carboxylic acids is 1. The van der Waals surface area contributed by atoms with E-state index in [4.69, 9.17) is 4.74 Å². The summed E-state index contributed by atoms with van der Waals surface area (Å²) in [5.41, 5.74) is 1.92. The Morgan fingerprint density at radius 1 is 1.47 bits per heavy atom. The highest BCUT2D eigenvalue weighted by atomic mass is 32.2. The smallest absolute Gasteiger partial charge is 0.319 e. The zero-order chi connectivity index (χ0) is 11.8. The molecule has 0 spiro atoms. The van der Waals surface area contributed by atoms with Crippen LogP contribution in [-0.2, 0) is 9.53 Å².